The van der Waals surface area contributed by atoms with Crippen molar-refractivity contribution in [2.45, 2.75) is 0 Å². The number of hydrogen-bond acceptors (Lipinski definition) is 3. The van der Waals surface area contributed by atoms with Gasteiger partial charge in [0.1, 0.15) is 10.6 Å². The molecule has 0 radical (unpaired) electrons. The molecule has 0 atom stereocenters. The first-order valence-electron chi connectivity index (χ1n) is 6.33. The van der Waals surface area contributed by atoms with Gasteiger partial charge in [0.15, 0.2) is 5.78 Å². The third-order valence-corrected chi connectivity index (χ3v) is 4.52. The van der Waals surface area contributed by atoms with Crippen molar-refractivity contribution in [3.63, 3.8) is 0 Å². The predicted octanol–water partition coefficient (Wildman–Crippen LogP) is 5.16. The molecule has 0 unspecified atom stereocenters. The van der Waals surface area contributed by atoms with E-state index in [1.54, 1.807) is 24.3 Å². The second-order valence-electron chi connectivity index (χ2n) is 4.53. The number of halogens is 1. The van der Waals surface area contributed by atoms with Gasteiger partial charge in [-0.3, -0.25) is 4.79 Å². The molecule has 1 heterocycles. The molecule has 0 spiro atoms. The topological polar surface area (TPSA) is 37.3 Å². The summed E-state index contributed by atoms with van der Waals surface area (Å²) < 4.78 is 0.901. The Morgan fingerprint density at radius 3 is 2.52 bits per heavy atom. The molecule has 0 aliphatic carbocycles. The van der Waals surface area contributed by atoms with Crippen molar-refractivity contribution in [1.82, 2.24) is 0 Å². The van der Waals surface area contributed by atoms with Crippen LogP contribution in [-0.2, 0) is 0 Å². The Morgan fingerprint density at radius 2 is 1.81 bits per heavy atom. The van der Waals surface area contributed by atoms with Gasteiger partial charge in [-0.05, 0) is 35.9 Å². The summed E-state index contributed by atoms with van der Waals surface area (Å²) in [6, 6.07) is 14.6. The maximum absolute atomic E-state index is 12.2. The van der Waals surface area contributed by atoms with E-state index in [1.807, 2.05) is 30.3 Å². The van der Waals surface area contributed by atoms with Gasteiger partial charge in [0.25, 0.3) is 0 Å². The summed E-state index contributed by atoms with van der Waals surface area (Å²) >= 11 is 7.11. The minimum atomic E-state index is -0.205. The maximum atomic E-state index is 12.2. The number of rotatable bonds is 3. The number of benzene rings is 2. The molecular weight excluding hydrogens is 304 g/mol. The van der Waals surface area contributed by atoms with Crippen molar-refractivity contribution in [3.05, 3.63) is 70.1 Å². The number of fused-ring (bicyclic) bond motifs is 1. The highest BCUT2D eigenvalue weighted by molar-refractivity contribution is 7.21. The Balaban J connectivity index is 1.90. The highest BCUT2D eigenvalue weighted by Crippen LogP contribution is 2.37. The van der Waals surface area contributed by atoms with E-state index in [9.17, 15) is 9.90 Å². The molecule has 1 aromatic heterocycles. The Labute approximate surface area is 130 Å². The number of carbonyl (C=O) groups excluding carboxylic acids is 1. The van der Waals surface area contributed by atoms with E-state index in [0.717, 1.165) is 10.3 Å². The number of allylic oxidation sites excluding steroid dienone is 1. The van der Waals surface area contributed by atoms with E-state index in [-0.39, 0.29) is 11.5 Å². The molecule has 4 heteroatoms. The highest BCUT2D eigenvalue weighted by Gasteiger charge is 2.15. The smallest absolute Gasteiger partial charge is 0.199 e. The molecule has 3 rings (SSSR count). The second kappa shape index (κ2) is 5.72. The van der Waals surface area contributed by atoms with Crippen LogP contribution in [0.1, 0.15) is 15.2 Å². The Morgan fingerprint density at radius 1 is 1.10 bits per heavy atom. The van der Waals surface area contributed by atoms with E-state index >= 15 is 0 Å². The van der Waals surface area contributed by atoms with Gasteiger partial charge in [-0.1, -0.05) is 41.9 Å². The molecule has 21 heavy (non-hydrogen) atoms. The maximum Gasteiger partial charge on any atom is 0.199 e. The summed E-state index contributed by atoms with van der Waals surface area (Å²) in [4.78, 5) is 12.6. The third kappa shape index (κ3) is 2.84. The zero-order valence-electron chi connectivity index (χ0n) is 10.9. The van der Waals surface area contributed by atoms with Crippen LogP contribution < -0.4 is 0 Å². The minimum Gasteiger partial charge on any atom is -0.506 e. The van der Waals surface area contributed by atoms with Crippen LogP contribution in [0.5, 0.6) is 5.75 Å². The van der Waals surface area contributed by atoms with E-state index in [0.29, 0.717) is 15.3 Å². The summed E-state index contributed by atoms with van der Waals surface area (Å²) in [6.45, 7) is 0. The van der Waals surface area contributed by atoms with Crippen LogP contribution in [-0.4, -0.2) is 10.9 Å². The lowest BCUT2D eigenvalue weighted by atomic mass is 10.1. The van der Waals surface area contributed by atoms with Gasteiger partial charge in [-0.15, -0.1) is 11.3 Å². The van der Waals surface area contributed by atoms with Crippen molar-refractivity contribution in [3.8, 4) is 5.75 Å². The number of ketones is 1. The second-order valence-corrected chi connectivity index (χ2v) is 6.01. The largest absolute Gasteiger partial charge is 0.506 e. The molecule has 0 saturated carbocycles. The Kier molecular flexibility index (Phi) is 3.78. The Hall–Kier alpha value is -2.10. The van der Waals surface area contributed by atoms with E-state index in [4.69, 9.17) is 11.6 Å². The summed E-state index contributed by atoms with van der Waals surface area (Å²) in [5.74, 6) is -0.148. The van der Waals surface area contributed by atoms with Gasteiger partial charge in [0.05, 0.1) is 0 Å². The van der Waals surface area contributed by atoms with Crippen molar-refractivity contribution in [2.75, 3.05) is 0 Å². The molecule has 0 amide bonds. The van der Waals surface area contributed by atoms with E-state index in [1.165, 1.54) is 17.4 Å². The fraction of sp³-hybridized carbons (Fsp3) is 0. The van der Waals surface area contributed by atoms with Gasteiger partial charge in [-0.2, -0.15) is 0 Å². The summed E-state index contributed by atoms with van der Waals surface area (Å²) in [5, 5.41) is 11.5. The van der Waals surface area contributed by atoms with Crippen LogP contribution in [0.4, 0.5) is 0 Å². The molecule has 0 bridgehead atoms. The lowest BCUT2D eigenvalue weighted by Gasteiger charge is -1.94. The molecule has 0 saturated heterocycles. The van der Waals surface area contributed by atoms with E-state index in [2.05, 4.69) is 0 Å². The molecule has 0 aliphatic rings. The fourth-order valence-corrected chi connectivity index (χ4v) is 3.16. The first-order chi connectivity index (χ1) is 10.1. The van der Waals surface area contributed by atoms with Crippen LogP contribution in [0.25, 0.3) is 16.2 Å². The number of carbonyl (C=O) groups is 1. The average Bonchev–Trinajstić information content (AvgIpc) is 2.84. The van der Waals surface area contributed by atoms with Crippen LogP contribution in [0.15, 0.2) is 54.6 Å². The van der Waals surface area contributed by atoms with Crippen molar-refractivity contribution >= 4 is 44.9 Å². The molecule has 2 nitrogen and oxygen atoms in total. The summed E-state index contributed by atoms with van der Waals surface area (Å²) in [6.07, 6.45) is 3.18. The monoisotopic (exact) mass is 314 g/mol. The van der Waals surface area contributed by atoms with Gasteiger partial charge < -0.3 is 5.11 Å². The molecule has 0 fully saturated rings. The highest BCUT2D eigenvalue weighted by atomic mass is 35.5. The van der Waals surface area contributed by atoms with Crippen LogP contribution in [0, 0.1) is 0 Å². The minimum absolute atomic E-state index is 0.0568. The predicted molar refractivity (Wildman–Crippen MR) is 88.3 cm³/mol. The van der Waals surface area contributed by atoms with Crippen molar-refractivity contribution in [2.24, 2.45) is 0 Å². The molecule has 0 aliphatic heterocycles. The number of aromatic hydroxyl groups is 1. The third-order valence-electron chi connectivity index (χ3n) is 3.09. The molecule has 3 aromatic rings. The summed E-state index contributed by atoms with van der Waals surface area (Å²) in [7, 11) is 0. The van der Waals surface area contributed by atoms with Gasteiger partial charge >= 0.3 is 0 Å². The normalized spacial score (nSPS) is 11.3. The quantitative estimate of drug-likeness (QED) is 0.536. The van der Waals surface area contributed by atoms with Crippen molar-refractivity contribution in [1.29, 1.82) is 0 Å². The van der Waals surface area contributed by atoms with Crippen LogP contribution in [0.2, 0.25) is 5.02 Å². The molecule has 104 valence electrons. The number of hydrogen-bond donors (Lipinski definition) is 1. The first kappa shape index (κ1) is 13.9. The van der Waals surface area contributed by atoms with Gasteiger partial charge in [0.2, 0.25) is 0 Å². The van der Waals surface area contributed by atoms with Gasteiger partial charge in [0, 0.05) is 15.1 Å². The SMILES string of the molecule is O=C(C=Cc1ccc(Cl)cc1)c1sc2ccccc2c1O. The molecular formula is C17H11ClO2S. The average molecular weight is 315 g/mol. The van der Waals surface area contributed by atoms with E-state index < -0.39 is 0 Å². The lowest BCUT2D eigenvalue weighted by Crippen LogP contribution is -1.89. The standard InChI is InChI=1S/C17H11ClO2S/c18-12-8-5-11(6-9-12)7-10-14(19)17-16(20)13-3-1-2-4-15(13)21-17/h1-10,20H. The zero-order valence-corrected chi connectivity index (χ0v) is 12.5. The lowest BCUT2D eigenvalue weighted by molar-refractivity contribution is 0.104. The molecule has 2 aromatic carbocycles. The fourth-order valence-electron chi connectivity index (χ4n) is 2.02. The van der Waals surface area contributed by atoms with Crippen molar-refractivity contribution < 1.29 is 9.90 Å². The first-order valence-corrected chi connectivity index (χ1v) is 7.53. The molecule has 1 N–H and O–H groups in total. The van der Waals surface area contributed by atoms with Crippen LogP contribution in [0.3, 0.4) is 0 Å². The van der Waals surface area contributed by atoms with Gasteiger partial charge in [-0.25, -0.2) is 0 Å². The number of thiophene rings is 1. The zero-order chi connectivity index (χ0) is 14.8. The Bertz CT molecular complexity index is 832. The van der Waals surface area contributed by atoms with Crippen LogP contribution >= 0.6 is 22.9 Å². The summed E-state index contributed by atoms with van der Waals surface area (Å²) in [5.41, 5.74) is 0.883.